The summed E-state index contributed by atoms with van der Waals surface area (Å²) in [5.74, 6) is -0.0621. The first-order valence-corrected chi connectivity index (χ1v) is 5.81. The highest BCUT2D eigenvalue weighted by atomic mass is 16.6. The van der Waals surface area contributed by atoms with E-state index in [0.29, 0.717) is 5.92 Å². The molecule has 0 saturated carbocycles. The van der Waals surface area contributed by atoms with Crippen molar-refractivity contribution in [2.24, 2.45) is 17.8 Å². The maximum Gasteiger partial charge on any atom is 0.311 e. The Labute approximate surface area is 95.8 Å². The molecule has 0 aromatic carbocycles. The van der Waals surface area contributed by atoms with Crippen molar-refractivity contribution in [3.8, 4) is 0 Å². The van der Waals surface area contributed by atoms with E-state index in [1.54, 1.807) is 0 Å². The summed E-state index contributed by atoms with van der Waals surface area (Å²) in [4.78, 5) is 11.5. The number of hydrogen-bond donors (Lipinski definition) is 1. The molecular formula is C13H18O3. The van der Waals surface area contributed by atoms with Crippen molar-refractivity contribution in [1.29, 1.82) is 0 Å². The lowest BCUT2D eigenvalue weighted by atomic mass is 9.86. The molecule has 2 rings (SSSR count). The van der Waals surface area contributed by atoms with Crippen molar-refractivity contribution < 1.29 is 14.6 Å². The molecule has 0 amide bonds. The van der Waals surface area contributed by atoms with Crippen LogP contribution in [0.25, 0.3) is 0 Å². The Morgan fingerprint density at radius 3 is 3.06 bits per heavy atom. The molecule has 1 heterocycles. The zero-order chi connectivity index (χ0) is 11.7. The van der Waals surface area contributed by atoms with E-state index in [2.05, 4.69) is 19.6 Å². The first-order valence-electron chi connectivity index (χ1n) is 5.81. The van der Waals surface area contributed by atoms with Gasteiger partial charge in [0.2, 0.25) is 0 Å². The molecule has 1 unspecified atom stereocenters. The van der Waals surface area contributed by atoms with Gasteiger partial charge in [-0.1, -0.05) is 25.7 Å². The highest BCUT2D eigenvalue weighted by Gasteiger charge is 2.44. The van der Waals surface area contributed by atoms with Crippen LogP contribution in [-0.4, -0.2) is 23.8 Å². The average Bonchev–Trinajstić information content (AvgIpc) is 2.46. The molecule has 88 valence electrons. The van der Waals surface area contributed by atoms with Crippen molar-refractivity contribution in [3.63, 3.8) is 0 Å². The highest BCUT2D eigenvalue weighted by Crippen LogP contribution is 2.39. The van der Waals surface area contributed by atoms with E-state index in [1.165, 1.54) is 5.57 Å². The zero-order valence-electron chi connectivity index (χ0n) is 9.56. The Kier molecular flexibility index (Phi) is 3.15. The van der Waals surface area contributed by atoms with Gasteiger partial charge in [-0.2, -0.15) is 0 Å². The number of allylic oxidation sites excluding steroid dienone is 3. The van der Waals surface area contributed by atoms with Crippen molar-refractivity contribution in [1.82, 2.24) is 0 Å². The van der Waals surface area contributed by atoms with Gasteiger partial charge in [0.25, 0.3) is 0 Å². The third-order valence-electron chi connectivity index (χ3n) is 3.78. The topological polar surface area (TPSA) is 46.5 Å². The van der Waals surface area contributed by atoms with E-state index >= 15 is 0 Å². The summed E-state index contributed by atoms with van der Waals surface area (Å²) in [6, 6.07) is 0. The fraction of sp³-hybridized carbons (Fsp3) is 0.615. The van der Waals surface area contributed by atoms with Crippen LogP contribution in [0.2, 0.25) is 0 Å². The largest absolute Gasteiger partial charge is 0.462 e. The fourth-order valence-corrected chi connectivity index (χ4v) is 2.75. The summed E-state index contributed by atoms with van der Waals surface area (Å²) < 4.78 is 5.35. The third-order valence-corrected chi connectivity index (χ3v) is 3.78. The maximum absolute atomic E-state index is 11.5. The van der Waals surface area contributed by atoms with Crippen LogP contribution in [0.5, 0.6) is 0 Å². The summed E-state index contributed by atoms with van der Waals surface area (Å²) in [5.41, 5.74) is 1.22. The molecule has 1 aliphatic carbocycles. The number of esters is 1. The highest BCUT2D eigenvalue weighted by molar-refractivity contribution is 5.75. The molecule has 0 bridgehead atoms. The number of ether oxygens (including phenoxy) is 1. The van der Waals surface area contributed by atoms with Gasteiger partial charge in [0.05, 0.1) is 12.5 Å². The Morgan fingerprint density at radius 2 is 2.44 bits per heavy atom. The van der Waals surface area contributed by atoms with Gasteiger partial charge in [0, 0.05) is 5.92 Å². The normalized spacial score (nSPS) is 38.4. The molecule has 0 radical (unpaired) electrons. The molecule has 3 heteroatoms. The second-order valence-corrected chi connectivity index (χ2v) is 4.71. The molecule has 3 nitrogen and oxygen atoms in total. The number of fused-ring (bicyclic) bond motifs is 1. The van der Waals surface area contributed by atoms with Gasteiger partial charge in [-0.15, -0.1) is 0 Å². The predicted octanol–water partition coefficient (Wildman–Crippen LogP) is 1.68. The van der Waals surface area contributed by atoms with Crippen LogP contribution in [0.1, 0.15) is 19.8 Å². The molecule has 0 aromatic rings. The van der Waals surface area contributed by atoms with Crippen LogP contribution in [-0.2, 0) is 9.53 Å². The minimum atomic E-state index is -0.336. The second kappa shape index (κ2) is 4.42. The van der Waals surface area contributed by atoms with Gasteiger partial charge in [0.15, 0.2) is 0 Å². The lowest BCUT2D eigenvalue weighted by Crippen LogP contribution is -2.23. The van der Waals surface area contributed by atoms with Crippen LogP contribution < -0.4 is 0 Å². The van der Waals surface area contributed by atoms with E-state index in [4.69, 9.17) is 4.74 Å². The lowest BCUT2D eigenvalue weighted by Gasteiger charge is -2.18. The van der Waals surface area contributed by atoms with Gasteiger partial charge in [-0.05, 0) is 24.3 Å². The number of hydrogen-bond acceptors (Lipinski definition) is 3. The number of aliphatic hydroxyl groups excluding tert-OH is 1. The van der Waals surface area contributed by atoms with Gasteiger partial charge < -0.3 is 9.84 Å². The quantitative estimate of drug-likeness (QED) is 0.723. The van der Waals surface area contributed by atoms with Crippen molar-refractivity contribution in [2.45, 2.75) is 25.9 Å². The van der Waals surface area contributed by atoms with E-state index in [1.807, 2.05) is 6.08 Å². The fourth-order valence-electron chi connectivity index (χ4n) is 2.75. The number of rotatable bonds is 2. The molecule has 0 spiro atoms. The zero-order valence-corrected chi connectivity index (χ0v) is 9.56. The summed E-state index contributed by atoms with van der Waals surface area (Å²) in [6.45, 7) is 5.81. The smallest absolute Gasteiger partial charge is 0.311 e. The van der Waals surface area contributed by atoms with Crippen LogP contribution >= 0.6 is 0 Å². The van der Waals surface area contributed by atoms with Crippen molar-refractivity contribution >= 4 is 5.97 Å². The summed E-state index contributed by atoms with van der Waals surface area (Å²) in [5, 5.41) is 9.21. The van der Waals surface area contributed by atoms with Crippen LogP contribution in [0, 0.1) is 17.8 Å². The molecule has 1 aliphatic heterocycles. The standard InChI is InChI=1S/C13H18O3/c1-3-9-4-5-10-11(7-14)13(15)16-12(10)6-8(9)2/h3-4,8,10-12,14H,1,5-7H2,2H3/t8-,10+,11?,12+/m0/s1. The minimum absolute atomic E-state index is 0.0339. The van der Waals surface area contributed by atoms with E-state index < -0.39 is 0 Å². The maximum atomic E-state index is 11.5. The third kappa shape index (κ3) is 1.80. The second-order valence-electron chi connectivity index (χ2n) is 4.71. The summed E-state index contributed by atoms with van der Waals surface area (Å²) in [6.07, 6.45) is 5.61. The summed E-state index contributed by atoms with van der Waals surface area (Å²) >= 11 is 0. The molecule has 1 N–H and O–H groups in total. The Bertz CT molecular complexity index is 332. The van der Waals surface area contributed by atoms with Crippen molar-refractivity contribution in [2.75, 3.05) is 6.61 Å². The van der Waals surface area contributed by atoms with Crippen LogP contribution in [0.3, 0.4) is 0 Å². The van der Waals surface area contributed by atoms with Gasteiger partial charge in [-0.25, -0.2) is 0 Å². The van der Waals surface area contributed by atoms with Gasteiger partial charge in [0.1, 0.15) is 6.10 Å². The Balaban J connectivity index is 2.21. The molecule has 0 aromatic heterocycles. The molecule has 1 fully saturated rings. The minimum Gasteiger partial charge on any atom is -0.462 e. The van der Waals surface area contributed by atoms with Gasteiger partial charge >= 0.3 is 5.97 Å². The van der Waals surface area contributed by atoms with Crippen molar-refractivity contribution in [3.05, 3.63) is 24.3 Å². The SMILES string of the molecule is C=CC1=CC[C@@H]2C(CO)C(=O)O[C@@H]2C[C@@H]1C. The first kappa shape index (κ1) is 11.4. The Morgan fingerprint density at radius 1 is 1.69 bits per heavy atom. The van der Waals surface area contributed by atoms with Gasteiger partial charge in [-0.3, -0.25) is 4.79 Å². The van der Waals surface area contributed by atoms with Crippen LogP contribution in [0.15, 0.2) is 24.3 Å². The number of aliphatic hydroxyl groups is 1. The molecule has 16 heavy (non-hydrogen) atoms. The Hall–Kier alpha value is -1.09. The molecule has 4 atom stereocenters. The van der Waals surface area contributed by atoms with E-state index in [9.17, 15) is 9.90 Å². The number of carbonyl (C=O) groups excluding carboxylic acids is 1. The molecule has 1 saturated heterocycles. The van der Waals surface area contributed by atoms with E-state index in [-0.39, 0.29) is 30.5 Å². The van der Waals surface area contributed by atoms with Crippen LogP contribution in [0.4, 0.5) is 0 Å². The molecular weight excluding hydrogens is 204 g/mol. The van der Waals surface area contributed by atoms with E-state index in [0.717, 1.165) is 12.8 Å². The number of carbonyl (C=O) groups is 1. The lowest BCUT2D eigenvalue weighted by molar-refractivity contribution is -0.145. The predicted molar refractivity (Wildman–Crippen MR) is 60.6 cm³/mol. The molecule has 2 aliphatic rings. The monoisotopic (exact) mass is 222 g/mol. The summed E-state index contributed by atoms with van der Waals surface area (Å²) in [7, 11) is 0. The first-order chi connectivity index (χ1) is 7.67. The average molecular weight is 222 g/mol.